The lowest BCUT2D eigenvalue weighted by atomic mass is 10.3. The van der Waals surface area contributed by atoms with Crippen LogP contribution in [0, 0.1) is 0 Å². The molecule has 29 heavy (non-hydrogen) atoms. The van der Waals surface area contributed by atoms with Gasteiger partial charge >= 0.3 is 6.03 Å². The summed E-state index contributed by atoms with van der Waals surface area (Å²) in [6, 6.07) is 9.39. The molecular weight excluding hydrogens is 398 g/mol. The number of pyridine rings is 1. The van der Waals surface area contributed by atoms with Crippen molar-refractivity contribution in [3.8, 4) is 11.5 Å². The molecule has 0 radical (unpaired) electrons. The van der Waals surface area contributed by atoms with E-state index in [0.717, 1.165) is 5.52 Å². The lowest BCUT2D eigenvalue weighted by Crippen LogP contribution is -2.34. The van der Waals surface area contributed by atoms with Crippen LogP contribution in [0.5, 0.6) is 11.5 Å². The zero-order chi connectivity index (χ0) is 20.9. The van der Waals surface area contributed by atoms with Gasteiger partial charge in [0.15, 0.2) is 0 Å². The van der Waals surface area contributed by atoms with Gasteiger partial charge in [0, 0.05) is 42.8 Å². The Hall–Kier alpha value is -3.47. The largest absolute Gasteiger partial charge is 0.497 e. The molecule has 0 aliphatic heterocycles. The van der Waals surface area contributed by atoms with Gasteiger partial charge in [0.1, 0.15) is 11.5 Å². The number of amides is 2. The Kier molecular flexibility index (Phi) is 6.07. The Morgan fingerprint density at radius 1 is 1.07 bits per heavy atom. The van der Waals surface area contributed by atoms with Crippen LogP contribution in [0.4, 0.5) is 16.2 Å². The number of urea groups is 1. The molecule has 2 heterocycles. The highest BCUT2D eigenvalue weighted by Crippen LogP contribution is 2.25. The molecule has 154 valence electrons. The van der Waals surface area contributed by atoms with Crippen molar-refractivity contribution in [1.29, 1.82) is 0 Å². The Labute approximate surface area is 167 Å². The molecule has 0 saturated carbocycles. The number of carbonyl (C=O) groups excluding carboxylic acids is 1. The number of sulfonamides is 1. The van der Waals surface area contributed by atoms with Crippen LogP contribution in [0.15, 0.2) is 48.8 Å². The highest BCUT2D eigenvalue weighted by molar-refractivity contribution is 7.92. The highest BCUT2D eigenvalue weighted by Gasteiger charge is 2.12. The molecule has 0 aliphatic carbocycles. The van der Waals surface area contributed by atoms with Gasteiger partial charge in [-0.1, -0.05) is 0 Å². The summed E-state index contributed by atoms with van der Waals surface area (Å²) < 4.78 is 38.9. The molecule has 0 unspecified atom stereocenters. The van der Waals surface area contributed by atoms with Crippen LogP contribution in [0.2, 0.25) is 0 Å². The van der Waals surface area contributed by atoms with Crippen molar-refractivity contribution < 1.29 is 22.7 Å². The fourth-order valence-corrected chi connectivity index (χ4v) is 3.53. The number of nitrogens with zero attached hydrogens (tertiary/aromatic N) is 2. The van der Waals surface area contributed by atoms with Crippen molar-refractivity contribution in [2.75, 3.05) is 36.6 Å². The number of hydrogen-bond acceptors (Lipinski definition) is 6. The number of hydrogen-bond donors (Lipinski definition) is 3. The number of carbonyl (C=O) groups is 1. The zero-order valence-electron chi connectivity index (χ0n) is 15.9. The second-order valence-corrected chi connectivity index (χ2v) is 7.86. The Balaban J connectivity index is 1.52. The maximum atomic E-state index is 12.2. The van der Waals surface area contributed by atoms with Gasteiger partial charge in [-0.25, -0.2) is 17.7 Å². The third-order valence-electron chi connectivity index (χ3n) is 3.94. The predicted octanol–water partition coefficient (Wildman–Crippen LogP) is 1.91. The Morgan fingerprint density at radius 3 is 2.48 bits per heavy atom. The number of aromatic nitrogens is 2. The second kappa shape index (κ2) is 8.69. The number of ether oxygens (including phenoxy) is 2. The molecular formula is C18H21N5O5S. The summed E-state index contributed by atoms with van der Waals surface area (Å²) in [5.74, 6) is 0.745. The minimum atomic E-state index is -3.64. The predicted molar refractivity (Wildman–Crippen MR) is 109 cm³/mol. The average molecular weight is 419 g/mol. The molecule has 3 rings (SSSR count). The standard InChI is InChI=1S/C18H21N5O5S/c1-27-16-10-14(11-17(12-16)28-2)21-18(24)19-6-8-29(25,26)22-13-4-7-23-15(9-13)3-5-20-23/h3-5,7,9-12,22H,6,8H2,1-2H3,(H2,19,21,24). The van der Waals surface area contributed by atoms with E-state index < -0.39 is 16.1 Å². The van der Waals surface area contributed by atoms with Crippen LogP contribution in [-0.2, 0) is 10.0 Å². The number of fused-ring (bicyclic) bond motifs is 1. The molecule has 11 heteroatoms. The third kappa shape index (κ3) is 5.51. The van der Waals surface area contributed by atoms with Gasteiger partial charge in [-0.3, -0.25) is 4.72 Å². The minimum Gasteiger partial charge on any atom is -0.497 e. The van der Waals surface area contributed by atoms with E-state index in [2.05, 4.69) is 20.5 Å². The Bertz CT molecular complexity index is 1090. The van der Waals surface area contributed by atoms with Gasteiger partial charge < -0.3 is 20.1 Å². The fourth-order valence-electron chi connectivity index (χ4n) is 2.57. The van der Waals surface area contributed by atoms with E-state index in [1.54, 1.807) is 53.3 Å². The monoisotopic (exact) mass is 419 g/mol. The van der Waals surface area contributed by atoms with E-state index >= 15 is 0 Å². The van der Waals surface area contributed by atoms with Gasteiger partial charge in [-0.2, -0.15) is 5.10 Å². The number of benzene rings is 1. The molecule has 0 spiro atoms. The average Bonchev–Trinajstić information content (AvgIpc) is 3.14. The minimum absolute atomic E-state index is 0.0722. The van der Waals surface area contributed by atoms with E-state index in [1.165, 1.54) is 14.2 Å². The molecule has 3 aromatic rings. The van der Waals surface area contributed by atoms with Gasteiger partial charge in [-0.05, 0) is 18.2 Å². The van der Waals surface area contributed by atoms with Gasteiger partial charge in [0.2, 0.25) is 10.0 Å². The summed E-state index contributed by atoms with van der Waals surface area (Å²) in [6.45, 7) is -0.0722. The SMILES string of the molecule is COc1cc(NC(=O)NCCS(=O)(=O)Nc2ccn3nccc3c2)cc(OC)c1. The van der Waals surface area contributed by atoms with E-state index in [9.17, 15) is 13.2 Å². The van der Waals surface area contributed by atoms with Gasteiger partial charge in [-0.15, -0.1) is 0 Å². The summed E-state index contributed by atoms with van der Waals surface area (Å²) in [6.07, 6.45) is 3.27. The van der Waals surface area contributed by atoms with Crippen LogP contribution in [0.1, 0.15) is 0 Å². The molecule has 0 aliphatic rings. The van der Waals surface area contributed by atoms with Crippen LogP contribution < -0.4 is 24.8 Å². The maximum Gasteiger partial charge on any atom is 0.319 e. The van der Waals surface area contributed by atoms with Crippen LogP contribution in [-0.4, -0.2) is 50.6 Å². The molecule has 2 aromatic heterocycles. The molecule has 0 saturated heterocycles. The summed E-state index contributed by atoms with van der Waals surface area (Å²) >= 11 is 0. The molecule has 2 amide bonds. The lowest BCUT2D eigenvalue weighted by molar-refractivity contribution is 0.252. The lowest BCUT2D eigenvalue weighted by Gasteiger charge is -2.11. The van der Waals surface area contributed by atoms with Crippen molar-refractivity contribution in [1.82, 2.24) is 14.9 Å². The van der Waals surface area contributed by atoms with Crippen molar-refractivity contribution in [3.63, 3.8) is 0 Å². The summed E-state index contributed by atoms with van der Waals surface area (Å²) in [5, 5.41) is 9.17. The first-order valence-corrected chi connectivity index (χ1v) is 10.3. The fraction of sp³-hybridized carbons (Fsp3) is 0.222. The first-order valence-electron chi connectivity index (χ1n) is 8.60. The van der Waals surface area contributed by atoms with Crippen molar-refractivity contribution in [2.24, 2.45) is 0 Å². The number of rotatable bonds is 8. The van der Waals surface area contributed by atoms with Crippen LogP contribution >= 0.6 is 0 Å². The normalized spacial score (nSPS) is 11.1. The molecule has 1 aromatic carbocycles. The molecule has 3 N–H and O–H groups in total. The van der Waals surface area contributed by atoms with Crippen molar-refractivity contribution >= 4 is 32.9 Å². The van der Waals surface area contributed by atoms with Crippen molar-refractivity contribution in [3.05, 3.63) is 48.8 Å². The summed E-state index contributed by atoms with van der Waals surface area (Å²) in [4.78, 5) is 12.0. The number of anilines is 2. The van der Waals surface area contributed by atoms with Crippen molar-refractivity contribution in [2.45, 2.75) is 0 Å². The zero-order valence-corrected chi connectivity index (χ0v) is 16.7. The summed E-state index contributed by atoms with van der Waals surface area (Å²) in [5.41, 5.74) is 1.64. The van der Waals surface area contributed by atoms with E-state index in [4.69, 9.17) is 9.47 Å². The first-order chi connectivity index (χ1) is 13.9. The Morgan fingerprint density at radius 2 is 1.79 bits per heavy atom. The summed E-state index contributed by atoms with van der Waals surface area (Å²) in [7, 11) is -0.636. The van der Waals surface area contributed by atoms with E-state index in [0.29, 0.717) is 22.9 Å². The second-order valence-electron chi connectivity index (χ2n) is 6.02. The molecule has 0 atom stereocenters. The van der Waals surface area contributed by atoms with Gasteiger partial charge in [0.25, 0.3) is 0 Å². The third-order valence-corrected chi connectivity index (χ3v) is 5.23. The molecule has 0 fully saturated rings. The first kappa shape index (κ1) is 20.3. The topological polar surface area (TPSA) is 123 Å². The van der Waals surface area contributed by atoms with Gasteiger partial charge in [0.05, 0.1) is 31.2 Å². The van der Waals surface area contributed by atoms with Crippen LogP contribution in [0.25, 0.3) is 5.52 Å². The highest BCUT2D eigenvalue weighted by atomic mass is 32.2. The molecule has 0 bridgehead atoms. The van der Waals surface area contributed by atoms with Crippen LogP contribution in [0.3, 0.4) is 0 Å². The van der Waals surface area contributed by atoms with E-state index in [1.807, 2.05) is 0 Å². The number of nitrogens with one attached hydrogen (secondary N) is 3. The maximum absolute atomic E-state index is 12.2. The van der Waals surface area contributed by atoms with E-state index in [-0.39, 0.29) is 12.3 Å². The quantitative estimate of drug-likeness (QED) is 0.513. The smallest absolute Gasteiger partial charge is 0.319 e. The number of methoxy groups -OCH3 is 2. The molecule has 10 nitrogen and oxygen atoms in total.